The van der Waals surface area contributed by atoms with Gasteiger partial charge in [-0.05, 0) is 19.0 Å². The van der Waals surface area contributed by atoms with E-state index in [1.54, 1.807) is 26.8 Å². The van der Waals surface area contributed by atoms with Crippen LogP contribution in [-0.2, 0) is 4.79 Å². The van der Waals surface area contributed by atoms with E-state index in [1.807, 2.05) is 6.92 Å². The average Bonchev–Trinajstić information content (AvgIpc) is 2.44. The minimum Gasteiger partial charge on any atom is -0.507 e. The van der Waals surface area contributed by atoms with Crippen LogP contribution >= 0.6 is 0 Å². The molecule has 1 aromatic heterocycles. The molecule has 0 aliphatic heterocycles. The van der Waals surface area contributed by atoms with Gasteiger partial charge >= 0.3 is 5.63 Å². The van der Waals surface area contributed by atoms with Gasteiger partial charge in [-0.25, -0.2) is 4.79 Å². The summed E-state index contributed by atoms with van der Waals surface area (Å²) in [6.45, 7) is 6.86. The number of carbonyl (C=O) groups excluding carboxylic acids is 2. The van der Waals surface area contributed by atoms with Crippen molar-refractivity contribution < 1.29 is 19.1 Å². The van der Waals surface area contributed by atoms with E-state index >= 15 is 0 Å². The van der Waals surface area contributed by atoms with Crippen molar-refractivity contribution in [3.05, 3.63) is 40.1 Å². The first kappa shape index (κ1) is 18.7. The van der Waals surface area contributed by atoms with Crippen molar-refractivity contribution in [1.29, 1.82) is 0 Å². The lowest BCUT2D eigenvalue weighted by atomic mass is 9.86. The number of hydrogen-bond donors (Lipinski definition) is 2. The molecule has 6 heteroatoms. The van der Waals surface area contributed by atoms with Crippen molar-refractivity contribution in [2.45, 2.75) is 46.5 Å². The smallest absolute Gasteiger partial charge is 0.350 e. The van der Waals surface area contributed by atoms with Crippen LogP contribution in [0.2, 0.25) is 0 Å². The van der Waals surface area contributed by atoms with Gasteiger partial charge in [0.1, 0.15) is 17.1 Å². The highest BCUT2D eigenvalue weighted by Gasteiger charge is 2.29. The van der Waals surface area contributed by atoms with Crippen molar-refractivity contribution in [3.8, 4) is 5.75 Å². The first-order valence-corrected chi connectivity index (χ1v) is 7.45. The van der Waals surface area contributed by atoms with E-state index in [0.717, 1.165) is 0 Å². The van der Waals surface area contributed by atoms with Gasteiger partial charge in [-0.1, -0.05) is 33.8 Å². The number of rotatable bonds is 7. The second-order valence-electron chi connectivity index (χ2n) is 6.44. The first-order valence-electron chi connectivity index (χ1n) is 7.45. The second-order valence-corrected chi connectivity index (χ2v) is 6.44. The van der Waals surface area contributed by atoms with Gasteiger partial charge in [0, 0.05) is 17.4 Å². The molecule has 1 unspecified atom stereocenters. The summed E-state index contributed by atoms with van der Waals surface area (Å²) in [7, 11) is 0. The molecule has 1 aromatic rings. The van der Waals surface area contributed by atoms with Gasteiger partial charge in [0.15, 0.2) is 5.78 Å². The Kier molecular flexibility index (Phi) is 6.30. The fourth-order valence-corrected chi connectivity index (χ4v) is 2.01. The number of Topliss-reactive ketones (excluding diaryl/α,β-unsaturated/α-hetero) is 1. The topological polar surface area (TPSA) is 96.6 Å². The third kappa shape index (κ3) is 5.09. The Morgan fingerprint density at radius 2 is 2.09 bits per heavy atom. The average molecular weight is 321 g/mol. The Labute approximate surface area is 135 Å². The van der Waals surface area contributed by atoms with Gasteiger partial charge in [-0.15, -0.1) is 0 Å². The lowest BCUT2D eigenvalue weighted by Gasteiger charge is -2.17. The molecule has 0 saturated carbocycles. The first-order chi connectivity index (χ1) is 10.7. The zero-order chi connectivity index (χ0) is 17.6. The van der Waals surface area contributed by atoms with Crippen molar-refractivity contribution in [1.82, 2.24) is 5.32 Å². The van der Waals surface area contributed by atoms with Crippen LogP contribution in [0.15, 0.2) is 27.6 Å². The highest BCUT2D eigenvalue weighted by Crippen LogP contribution is 2.28. The third-order valence-corrected chi connectivity index (χ3v) is 3.39. The molecule has 0 aliphatic rings. The normalized spacial score (nSPS) is 13.0. The molecule has 1 atom stereocenters. The monoisotopic (exact) mass is 321 g/mol. The largest absolute Gasteiger partial charge is 0.507 e. The van der Waals surface area contributed by atoms with Gasteiger partial charge in [0.05, 0.1) is 0 Å². The van der Waals surface area contributed by atoms with Crippen LogP contribution in [-0.4, -0.2) is 17.3 Å². The van der Waals surface area contributed by atoms with Crippen molar-refractivity contribution in [3.63, 3.8) is 0 Å². The van der Waals surface area contributed by atoms with E-state index in [9.17, 15) is 19.5 Å². The Morgan fingerprint density at radius 1 is 1.43 bits per heavy atom. The van der Waals surface area contributed by atoms with Gasteiger partial charge < -0.3 is 14.8 Å². The molecule has 0 fully saturated rings. The second kappa shape index (κ2) is 7.76. The molecule has 0 radical (unpaired) electrons. The molecule has 126 valence electrons. The molecule has 0 bridgehead atoms. The maximum Gasteiger partial charge on any atom is 0.350 e. The Balaban J connectivity index is 2.94. The molecule has 0 spiro atoms. The van der Waals surface area contributed by atoms with Crippen LogP contribution in [0.25, 0.3) is 0 Å². The van der Waals surface area contributed by atoms with Crippen LogP contribution in [0.3, 0.4) is 0 Å². The number of ketones is 1. The summed E-state index contributed by atoms with van der Waals surface area (Å²) in [5.41, 5.74) is -1.90. The number of nitrogens with one attached hydrogen (secondary N) is 1. The fraction of sp³-hybridized carbons (Fsp3) is 0.471. The molecular weight excluding hydrogens is 298 g/mol. The predicted molar refractivity (Wildman–Crippen MR) is 86.4 cm³/mol. The van der Waals surface area contributed by atoms with E-state index in [0.29, 0.717) is 25.0 Å². The number of hydrogen-bond acceptors (Lipinski definition) is 5. The molecule has 0 aliphatic carbocycles. The molecule has 6 nitrogen and oxygen atoms in total. The van der Waals surface area contributed by atoms with Crippen LogP contribution in [0.1, 0.15) is 62.6 Å². The van der Waals surface area contributed by atoms with Crippen LogP contribution < -0.4 is 10.9 Å². The zero-order valence-corrected chi connectivity index (χ0v) is 13.9. The fourth-order valence-electron chi connectivity index (χ4n) is 2.01. The van der Waals surface area contributed by atoms with Crippen molar-refractivity contribution in [2.75, 3.05) is 0 Å². The lowest BCUT2D eigenvalue weighted by molar-refractivity contribution is -0.108. The summed E-state index contributed by atoms with van der Waals surface area (Å²) in [4.78, 5) is 34.3. The van der Waals surface area contributed by atoms with E-state index in [1.165, 1.54) is 12.3 Å². The van der Waals surface area contributed by atoms with E-state index < -0.39 is 16.8 Å². The number of carbonyl (C=O) groups is 2. The summed E-state index contributed by atoms with van der Waals surface area (Å²) in [6.07, 6.45) is 5.20. The summed E-state index contributed by atoms with van der Waals surface area (Å²) >= 11 is 0. The number of amides is 1. The molecule has 1 heterocycles. The van der Waals surface area contributed by atoms with Gasteiger partial charge in [-0.3, -0.25) is 9.59 Å². The highest BCUT2D eigenvalue weighted by atomic mass is 16.4. The Morgan fingerprint density at radius 3 is 2.61 bits per heavy atom. The van der Waals surface area contributed by atoms with Crippen LogP contribution in [0, 0.1) is 5.41 Å². The molecular formula is C17H23NO5. The van der Waals surface area contributed by atoms with Crippen LogP contribution in [0.4, 0.5) is 0 Å². The van der Waals surface area contributed by atoms with Gasteiger partial charge in [0.25, 0.3) is 0 Å². The molecule has 1 amide bonds. The zero-order valence-electron chi connectivity index (χ0n) is 13.9. The molecule has 1 rings (SSSR count). The quantitative estimate of drug-likeness (QED) is 0.594. The highest BCUT2D eigenvalue weighted by molar-refractivity contribution is 6.01. The molecule has 0 saturated heterocycles. The summed E-state index contributed by atoms with van der Waals surface area (Å²) in [5, 5.41) is 12.5. The van der Waals surface area contributed by atoms with Gasteiger partial charge in [-0.2, -0.15) is 0 Å². The SMILES string of the molecule is CC(CC/C=C/NC=O)c1cc(O)c(C(=O)C(C)(C)C)c(=O)o1. The summed E-state index contributed by atoms with van der Waals surface area (Å²) in [5.74, 6) is -0.588. The van der Waals surface area contributed by atoms with E-state index in [-0.39, 0.29) is 17.2 Å². The lowest BCUT2D eigenvalue weighted by Crippen LogP contribution is -2.26. The Bertz CT molecular complexity index is 652. The Hall–Kier alpha value is -2.37. The minimum absolute atomic E-state index is 0.117. The standard InChI is InChI=1S/C17H23NO5/c1-11(7-5-6-8-18-10-19)13-9-12(20)14(16(22)23-13)15(21)17(2,3)4/h6,8-11,20H,5,7H2,1-4H3,(H,18,19)/b8-6+. The summed E-state index contributed by atoms with van der Waals surface area (Å²) in [6, 6.07) is 1.33. The van der Waals surface area contributed by atoms with Crippen LogP contribution in [0.5, 0.6) is 5.75 Å². The maximum atomic E-state index is 12.2. The van der Waals surface area contributed by atoms with Gasteiger partial charge in [0.2, 0.25) is 6.41 Å². The molecule has 0 aromatic carbocycles. The third-order valence-electron chi connectivity index (χ3n) is 3.39. The van der Waals surface area contributed by atoms with E-state index in [4.69, 9.17) is 4.42 Å². The molecule has 2 N–H and O–H groups in total. The minimum atomic E-state index is -0.815. The maximum absolute atomic E-state index is 12.2. The van der Waals surface area contributed by atoms with Crippen molar-refractivity contribution >= 4 is 12.2 Å². The summed E-state index contributed by atoms with van der Waals surface area (Å²) < 4.78 is 5.21. The van der Waals surface area contributed by atoms with E-state index in [2.05, 4.69) is 5.32 Å². The number of allylic oxidation sites excluding steroid dienone is 1. The molecule has 23 heavy (non-hydrogen) atoms. The van der Waals surface area contributed by atoms with Crippen molar-refractivity contribution in [2.24, 2.45) is 5.41 Å². The predicted octanol–water partition coefficient (Wildman–Crippen LogP) is 2.72. The number of aromatic hydroxyl groups is 1.